The van der Waals surface area contributed by atoms with Crippen LogP contribution in [0.2, 0.25) is 0 Å². The Balaban J connectivity index is 1.40. The summed E-state index contributed by atoms with van der Waals surface area (Å²) in [5.41, 5.74) is 0. The van der Waals surface area contributed by atoms with E-state index in [0.717, 1.165) is 31.9 Å². The highest BCUT2D eigenvalue weighted by Crippen LogP contribution is 2.51. The van der Waals surface area contributed by atoms with Gasteiger partial charge in [0.25, 0.3) is 0 Å². The molecule has 2 N–H and O–H groups in total. The Hall–Kier alpha value is -1.25. The average molecular weight is 411 g/mol. The molecule has 1 aromatic rings. The summed E-state index contributed by atoms with van der Waals surface area (Å²) >= 11 is 1.95. The van der Waals surface area contributed by atoms with Crippen molar-refractivity contribution in [3.05, 3.63) is 30.3 Å². The number of aliphatic imine (C=N–C) groups is 1. The quantitative estimate of drug-likeness (QED) is 0.532. The molecule has 0 aromatic heterocycles. The third-order valence-corrected chi connectivity index (χ3v) is 8.08. The van der Waals surface area contributed by atoms with Gasteiger partial charge in [-0.25, -0.2) is 12.7 Å². The first-order chi connectivity index (χ1) is 12.9. The predicted octanol–water partition coefficient (Wildman–Crippen LogP) is 2.15. The van der Waals surface area contributed by atoms with Crippen LogP contribution in [0.5, 0.6) is 0 Å². The number of rotatable bonds is 7. The van der Waals surface area contributed by atoms with Gasteiger partial charge in [-0.2, -0.15) is 0 Å². The van der Waals surface area contributed by atoms with Crippen LogP contribution in [0.1, 0.15) is 25.7 Å². The highest BCUT2D eigenvalue weighted by Gasteiger charge is 2.43. The maximum Gasteiger partial charge on any atom is 0.211 e. The molecule has 6 nitrogen and oxygen atoms in total. The smallest absolute Gasteiger partial charge is 0.211 e. The van der Waals surface area contributed by atoms with Crippen molar-refractivity contribution in [2.75, 3.05) is 39.5 Å². The SMILES string of the molecule is CN=C(NCC1CCN(S(C)(=O)=O)CC1)NCC1(Sc2ccccc2)CC1. The van der Waals surface area contributed by atoms with Crippen molar-refractivity contribution in [2.45, 2.75) is 35.3 Å². The monoisotopic (exact) mass is 410 g/mol. The van der Waals surface area contributed by atoms with Gasteiger partial charge in [0.1, 0.15) is 0 Å². The van der Waals surface area contributed by atoms with E-state index in [4.69, 9.17) is 0 Å². The van der Waals surface area contributed by atoms with Crippen molar-refractivity contribution in [2.24, 2.45) is 10.9 Å². The number of guanidine groups is 1. The summed E-state index contributed by atoms with van der Waals surface area (Å²) in [4.78, 5) is 5.66. The van der Waals surface area contributed by atoms with Gasteiger partial charge in [0.15, 0.2) is 5.96 Å². The lowest BCUT2D eigenvalue weighted by atomic mass is 9.98. The van der Waals surface area contributed by atoms with Crippen molar-refractivity contribution in [3.63, 3.8) is 0 Å². The fourth-order valence-electron chi connectivity index (χ4n) is 3.34. The normalized spacial score (nSPS) is 21.0. The molecule has 1 saturated carbocycles. The van der Waals surface area contributed by atoms with Crippen LogP contribution in [0, 0.1) is 5.92 Å². The van der Waals surface area contributed by atoms with E-state index in [9.17, 15) is 8.42 Å². The zero-order valence-corrected chi connectivity index (χ0v) is 17.8. The second-order valence-corrected chi connectivity index (χ2v) is 11.0. The van der Waals surface area contributed by atoms with Crippen molar-refractivity contribution >= 4 is 27.7 Å². The number of thioether (sulfide) groups is 1. The van der Waals surface area contributed by atoms with Gasteiger partial charge in [0.2, 0.25) is 10.0 Å². The van der Waals surface area contributed by atoms with Gasteiger partial charge in [-0.3, -0.25) is 4.99 Å². The molecule has 1 aromatic carbocycles. The van der Waals surface area contributed by atoms with Crippen LogP contribution < -0.4 is 10.6 Å². The summed E-state index contributed by atoms with van der Waals surface area (Å²) in [6.07, 6.45) is 5.52. The van der Waals surface area contributed by atoms with Crippen LogP contribution >= 0.6 is 11.8 Å². The first-order valence-corrected chi connectivity index (χ1v) is 12.2. The van der Waals surface area contributed by atoms with E-state index in [1.807, 2.05) is 17.8 Å². The minimum Gasteiger partial charge on any atom is -0.356 e. The van der Waals surface area contributed by atoms with Gasteiger partial charge < -0.3 is 10.6 Å². The van der Waals surface area contributed by atoms with Gasteiger partial charge in [0.05, 0.1) is 6.26 Å². The molecule has 150 valence electrons. The lowest BCUT2D eigenvalue weighted by Crippen LogP contribution is -2.45. The van der Waals surface area contributed by atoms with Crippen molar-refractivity contribution in [1.29, 1.82) is 0 Å². The molecule has 8 heteroatoms. The van der Waals surface area contributed by atoms with E-state index in [2.05, 4.69) is 39.9 Å². The molecule has 3 rings (SSSR count). The molecule has 0 unspecified atom stereocenters. The maximum atomic E-state index is 11.6. The number of hydrogen-bond acceptors (Lipinski definition) is 4. The average Bonchev–Trinajstić information content (AvgIpc) is 3.42. The van der Waals surface area contributed by atoms with Crippen molar-refractivity contribution < 1.29 is 8.42 Å². The van der Waals surface area contributed by atoms with Crippen molar-refractivity contribution in [1.82, 2.24) is 14.9 Å². The Morgan fingerprint density at radius 3 is 2.44 bits per heavy atom. The van der Waals surface area contributed by atoms with E-state index < -0.39 is 10.0 Å². The Morgan fingerprint density at radius 1 is 1.22 bits per heavy atom. The highest BCUT2D eigenvalue weighted by molar-refractivity contribution is 8.01. The third-order valence-electron chi connectivity index (χ3n) is 5.29. The Kier molecular flexibility index (Phi) is 6.70. The maximum absolute atomic E-state index is 11.6. The summed E-state index contributed by atoms with van der Waals surface area (Å²) in [6.45, 7) is 2.97. The number of hydrogen-bond donors (Lipinski definition) is 2. The molecule has 1 saturated heterocycles. The molecule has 2 fully saturated rings. The lowest BCUT2D eigenvalue weighted by molar-refractivity contribution is 0.275. The van der Waals surface area contributed by atoms with Gasteiger partial charge in [0, 0.05) is 42.9 Å². The van der Waals surface area contributed by atoms with Crippen LogP contribution in [0.15, 0.2) is 40.2 Å². The van der Waals surface area contributed by atoms with Crippen molar-refractivity contribution in [3.8, 4) is 0 Å². The van der Waals surface area contributed by atoms with Gasteiger partial charge >= 0.3 is 0 Å². The standard InChI is InChI=1S/C19H30N4O2S2/c1-20-18(21-14-16-8-12-23(13-9-16)27(2,24)25)22-15-19(10-11-19)26-17-6-4-3-5-7-17/h3-7,16H,8-15H2,1-2H3,(H2,20,21,22). The van der Waals surface area contributed by atoms with E-state index in [1.165, 1.54) is 24.0 Å². The third kappa shape index (κ3) is 6.12. The second kappa shape index (κ2) is 8.84. The Morgan fingerprint density at radius 2 is 1.89 bits per heavy atom. The molecule has 27 heavy (non-hydrogen) atoms. The molecule has 2 aliphatic rings. The fraction of sp³-hybridized carbons (Fsp3) is 0.632. The molecule has 0 atom stereocenters. The molecule has 0 amide bonds. The topological polar surface area (TPSA) is 73.8 Å². The van der Waals surface area contributed by atoms with E-state index in [0.29, 0.717) is 19.0 Å². The first kappa shape index (κ1) is 20.5. The van der Waals surface area contributed by atoms with Crippen LogP contribution in [0.3, 0.4) is 0 Å². The van der Waals surface area contributed by atoms with Crippen LogP contribution in [0.4, 0.5) is 0 Å². The summed E-state index contributed by atoms with van der Waals surface area (Å²) in [5.74, 6) is 1.32. The summed E-state index contributed by atoms with van der Waals surface area (Å²) < 4.78 is 25.1. The fourth-order valence-corrected chi connectivity index (χ4v) is 5.46. The number of sulfonamides is 1. The molecular weight excluding hydrogens is 380 g/mol. The lowest BCUT2D eigenvalue weighted by Gasteiger charge is -2.30. The van der Waals surface area contributed by atoms with Gasteiger partial charge in [-0.15, -0.1) is 11.8 Å². The number of nitrogens with zero attached hydrogens (tertiary/aromatic N) is 2. The van der Waals surface area contributed by atoms with Gasteiger partial charge in [-0.1, -0.05) is 18.2 Å². The predicted molar refractivity (Wildman–Crippen MR) is 113 cm³/mol. The molecular formula is C19H30N4O2S2. The molecule has 0 radical (unpaired) electrons. The molecule has 0 spiro atoms. The molecule has 1 aliphatic carbocycles. The largest absolute Gasteiger partial charge is 0.356 e. The molecule has 1 aliphatic heterocycles. The van der Waals surface area contributed by atoms with E-state index in [1.54, 1.807) is 11.4 Å². The minimum atomic E-state index is -3.05. The zero-order valence-electron chi connectivity index (χ0n) is 16.1. The summed E-state index contributed by atoms with van der Waals surface area (Å²) in [6, 6.07) is 10.6. The van der Waals surface area contributed by atoms with Crippen LogP contribution in [-0.2, 0) is 10.0 Å². The molecule has 0 bridgehead atoms. The number of benzene rings is 1. The Labute approximate surface area is 167 Å². The molecule has 1 heterocycles. The Bertz CT molecular complexity index is 740. The second-order valence-electron chi connectivity index (χ2n) is 7.51. The van der Waals surface area contributed by atoms with Gasteiger partial charge in [-0.05, 0) is 43.7 Å². The zero-order chi connectivity index (χ0) is 19.3. The van der Waals surface area contributed by atoms with E-state index in [-0.39, 0.29) is 4.75 Å². The number of nitrogens with one attached hydrogen (secondary N) is 2. The summed E-state index contributed by atoms with van der Waals surface area (Å²) in [5, 5.41) is 6.90. The van der Waals surface area contributed by atoms with Crippen LogP contribution in [0.25, 0.3) is 0 Å². The minimum absolute atomic E-state index is 0.278. The first-order valence-electron chi connectivity index (χ1n) is 9.54. The highest BCUT2D eigenvalue weighted by atomic mass is 32.2. The summed E-state index contributed by atoms with van der Waals surface area (Å²) in [7, 11) is -1.26. The number of piperidine rings is 1. The van der Waals surface area contributed by atoms with E-state index >= 15 is 0 Å². The van der Waals surface area contributed by atoms with Crippen LogP contribution in [-0.4, -0.2) is 62.9 Å².